The summed E-state index contributed by atoms with van der Waals surface area (Å²) >= 11 is 12.5. The molecule has 3 heterocycles. The molecule has 3 aromatic rings. The number of nitrogens with zero attached hydrogens (tertiary/aromatic N) is 3. The lowest BCUT2D eigenvalue weighted by atomic mass is 9.49. The van der Waals surface area contributed by atoms with Crippen LogP contribution < -0.4 is 10.2 Å². The molecule has 3 fully saturated rings. The standard InChI is InChI=1S/C36H29Cl2F3N4O8/c1-53-19-6-9-26(46)23(13-19)29-20-7-8-21-28(33(51)44(31(21)49)11-10-27(47)48)22(20)14-24-32(50)45(34(52)35(24,29)16-2-4-18(37)5-3-16)43-30-25(38)12-17(15-42-30)36(39,40)41/h2-7,9,12-13,15,21-22,24,28-29,46H,8,10-11,14H2,1H3,(H,42,43)(H,47,48)/t21-,22+,24-,28-,29+,35+/m0/s1. The number of imide groups is 2. The second-order valence-corrected chi connectivity index (χ2v) is 14.2. The van der Waals surface area contributed by atoms with Crippen LogP contribution in [0.2, 0.25) is 10.0 Å². The van der Waals surface area contributed by atoms with Gasteiger partial charge in [-0.1, -0.05) is 47.0 Å². The molecular formula is C36H29Cl2F3N4O8. The van der Waals surface area contributed by atoms with Gasteiger partial charge in [0.05, 0.1) is 47.3 Å². The number of aliphatic carboxylic acids is 1. The van der Waals surface area contributed by atoms with Crippen LogP contribution in [0.4, 0.5) is 19.0 Å². The first-order valence-electron chi connectivity index (χ1n) is 16.4. The molecular weight excluding hydrogens is 744 g/mol. The maximum atomic E-state index is 15.2. The summed E-state index contributed by atoms with van der Waals surface area (Å²) in [6, 6.07) is 11.1. The number of methoxy groups -OCH3 is 1. The molecule has 2 aliphatic heterocycles. The number of anilines is 1. The molecule has 4 amide bonds. The number of likely N-dealkylation sites (tertiary alicyclic amines) is 1. The molecule has 276 valence electrons. The number of halogens is 5. The van der Waals surface area contributed by atoms with Crippen molar-refractivity contribution < 1.29 is 52.1 Å². The molecule has 1 aromatic heterocycles. The van der Waals surface area contributed by atoms with Gasteiger partial charge in [-0.3, -0.25) is 34.3 Å². The van der Waals surface area contributed by atoms with E-state index in [1.807, 2.05) is 0 Å². The molecule has 3 N–H and O–H groups in total. The third-order valence-corrected chi connectivity index (χ3v) is 11.3. The quantitative estimate of drug-likeness (QED) is 0.194. The number of benzene rings is 2. The highest BCUT2D eigenvalue weighted by atomic mass is 35.5. The Hall–Kier alpha value is -5.15. The van der Waals surface area contributed by atoms with Crippen molar-refractivity contribution >= 4 is 58.6 Å². The maximum absolute atomic E-state index is 15.2. The number of carboxylic acid groups (broad SMARTS) is 1. The molecule has 17 heteroatoms. The van der Waals surface area contributed by atoms with E-state index in [1.54, 1.807) is 18.2 Å². The number of aromatic nitrogens is 1. The van der Waals surface area contributed by atoms with E-state index in [1.165, 1.54) is 37.4 Å². The largest absolute Gasteiger partial charge is 0.508 e. The number of nitrogens with one attached hydrogen (secondary N) is 1. The van der Waals surface area contributed by atoms with E-state index >= 15 is 4.79 Å². The molecule has 4 aliphatic rings. The van der Waals surface area contributed by atoms with Crippen molar-refractivity contribution in [1.82, 2.24) is 14.9 Å². The second kappa shape index (κ2) is 13.1. The molecule has 12 nitrogen and oxygen atoms in total. The van der Waals surface area contributed by atoms with E-state index in [-0.39, 0.29) is 36.4 Å². The number of hydrazine groups is 1. The Balaban J connectivity index is 1.43. The molecule has 2 aliphatic carbocycles. The first kappa shape index (κ1) is 36.2. The summed E-state index contributed by atoms with van der Waals surface area (Å²) in [5, 5.41) is 21.2. The van der Waals surface area contributed by atoms with Gasteiger partial charge in [0.15, 0.2) is 5.82 Å². The third kappa shape index (κ3) is 5.68. The highest BCUT2D eigenvalue weighted by Gasteiger charge is 2.70. The van der Waals surface area contributed by atoms with Crippen molar-refractivity contribution in [2.24, 2.45) is 23.7 Å². The molecule has 1 saturated carbocycles. The van der Waals surface area contributed by atoms with Crippen LogP contribution in [-0.2, 0) is 35.6 Å². The van der Waals surface area contributed by atoms with Crippen LogP contribution in [0.5, 0.6) is 11.5 Å². The van der Waals surface area contributed by atoms with Gasteiger partial charge in [0.2, 0.25) is 11.8 Å². The zero-order valence-corrected chi connectivity index (χ0v) is 29.1. The molecule has 2 saturated heterocycles. The lowest BCUT2D eigenvalue weighted by molar-refractivity contribution is -0.143. The topological polar surface area (TPSA) is 166 Å². The number of carbonyl (C=O) groups excluding carboxylic acids is 4. The predicted octanol–water partition coefficient (Wildman–Crippen LogP) is 5.58. The third-order valence-electron chi connectivity index (χ3n) is 10.7. The Morgan fingerprint density at radius 3 is 2.40 bits per heavy atom. The van der Waals surface area contributed by atoms with Crippen LogP contribution in [0.1, 0.15) is 41.9 Å². The van der Waals surface area contributed by atoms with Gasteiger partial charge in [0.25, 0.3) is 11.8 Å². The van der Waals surface area contributed by atoms with E-state index < -0.39 is 93.6 Å². The zero-order valence-electron chi connectivity index (χ0n) is 27.6. The fourth-order valence-corrected chi connectivity index (χ4v) is 8.85. The molecule has 2 aromatic carbocycles. The van der Waals surface area contributed by atoms with Gasteiger partial charge in [0.1, 0.15) is 11.5 Å². The summed E-state index contributed by atoms with van der Waals surface area (Å²) in [7, 11) is 1.40. The van der Waals surface area contributed by atoms with E-state index in [0.29, 0.717) is 33.4 Å². The normalized spacial score (nSPS) is 26.6. The monoisotopic (exact) mass is 772 g/mol. The lowest BCUT2D eigenvalue weighted by Gasteiger charge is -2.50. The summed E-state index contributed by atoms with van der Waals surface area (Å²) < 4.78 is 45.8. The number of phenols is 1. The highest BCUT2D eigenvalue weighted by molar-refractivity contribution is 6.33. The van der Waals surface area contributed by atoms with E-state index in [9.17, 15) is 42.6 Å². The van der Waals surface area contributed by atoms with E-state index in [0.717, 1.165) is 4.90 Å². The number of fused-ring (bicyclic) bond motifs is 4. The molecule has 6 atom stereocenters. The van der Waals surface area contributed by atoms with Crippen LogP contribution in [-0.4, -0.2) is 68.4 Å². The van der Waals surface area contributed by atoms with Gasteiger partial charge in [-0.25, -0.2) is 4.98 Å². The molecule has 0 spiro atoms. The minimum absolute atomic E-state index is 0.0441. The molecule has 0 radical (unpaired) electrons. The number of aromatic hydroxyl groups is 1. The Morgan fingerprint density at radius 2 is 1.75 bits per heavy atom. The van der Waals surface area contributed by atoms with Gasteiger partial charge in [-0.2, -0.15) is 18.2 Å². The van der Waals surface area contributed by atoms with Gasteiger partial charge in [-0.15, -0.1) is 0 Å². The van der Waals surface area contributed by atoms with Gasteiger partial charge >= 0.3 is 12.1 Å². The number of pyridine rings is 1. The summed E-state index contributed by atoms with van der Waals surface area (Å²) in [6.07, 6.45) is -3.13. The van der Waals surface area contributed by atoms with Crippen LogP contribution in [0.3, 0.4) is 0 Å². The van der Waals surface area contributed by atoms with Crippen molar-refractivity contribution in [1.29, 1.82) is 0 Å². The number of allylic oxidation sites excluding steroid dienone is 2. The number of carbonyl (C=O) groups is 5. The zero-order chi connectivity index (χ0) is 38.1. The summed E-state index contributed by atoms with van der Waals surface area (Å²) in [4.78, 5) is 73.5. The molecule has 53 heavy (non-hydrogen) atoms. The van der Waals surface area contributed by atoms with E-state index in [4.69, 9.17) is 27.9 Å². The van der Waals surface area contributed by atoms with Crippen molar-refractivity contribution in [3.8, 4) is 11.5 Å². The van der Waals surface area contributed by atoms with Crippen molar-refractivity contribution in [2.45, 2.75) is 36.8 Å². The predicted molar refractivity (Wildman–Crippen MR) is 181 cm³/mol. The Morgan fingerprint density at radius 1 is 1.04 bits per heavy atom. The summed E-state index contributed by atoms with van der Waals surface area (Å²) in [6.45, 7) is -0.351. The first-order valence-corrected chi connectivity index (χ1v) is 17.1. The Kier molecular flexibility index (Phi) is 8.92. The van der Waals surface area contributed by atoms with Gasteiger partial charge in [0, 0.05) is 29.2 Å². The fraction of sp³-hybridized carbons (Fsp3) is 0.333. The minimum atomic E-state index is -4.78. The number of alkyl halides is 3. The lowest BCUT2D eigenvalue weighted by Crippen LogP contribution is -2.53. The summed E-state index contributed by atoms with van der Waals surface area (Å²) in [5.41, 5.74) is 0.447. The van der Waals surface area contributed by atoms with Gasteiger partial charge < -0.3 is 14.9 Å². The van der Waals surface area contributed by atoms with E-state index in [2.05, 4.69) is 10.4 Å². The van der Waals surface area contributed by atoms with Gasteiger partial charge in [-0.05, 0) is 60.7 Å². The summed E-state index contributed by atoms with van der Waals surface area (Å²) in [5.74, 6) is -9.70. The second-order valence-electron chi connectivity index (χ2n) is 13.3. The average Bonchev–Trinajstić information content (AvgIpc) is 3.48. The van der Waals surface area contributed by atoms with Crippen molar-refractivity contribution in [3.63, 3.8) is 0 Å². The van der Waals surface area contributed by atoms with Crippen LogP contribution in [0.25, 0.3) is 0 Å². The smallest absolute Gasteiger partial charge is 0.417 e. The SMILES string of the molecule is COc1ccc(O)c([C@H]2C3=CC[C@@H]4C(=O)N(CCC(=O)O)C(=O)[C@@H]4[C@@H]3C[C@H]3C(=O)N(Nc4ncc(C(F)(F)F)cc4Cl)C(=O)[C@@]23c2ccc(Cl)cc2)c1. The highest BCUT2D eigenvalue weighted by Crippen LogP contribution is 2.65. The molecule has 0 unspecified atom stereocenters. The van der Waals surface area contributed by atoms with Crippen LogP contribution in [0.15, 0.2) is 66.4 Å². The maximum Gasteiger partial charge on any atom is 0.417 e. The average molecular weight is 774 g/mol. The number of phenolic OH excluding ortho intramolecular Hbond substituents is 1. The Labute approximate surface area is 309 Å². The first-order chi connectivity index (χ1) is 25.1. The minimum Gasteiger partial charge on any atom is -0.508 e. The number of rotatable bonds is 8. The van der Waals surface area contributed by atoms with Crippen LogP contribution >= 0.6 is 23.2 Å². The number of amides is 4. The number of hydrogen-bond donors (Lipinski definition) is 3. The van der Waals surface area contributed by atoms with Crippen molar-refractivity contribution in [3.05, 3.63) is 93.1 Å². The number of ether oxygens (including phenoxy) is 1. The molecule has 7 rings (SSSR count). The van der Waals surface area contributed by atoms with Crippen LogP contribution in [0, 0.1) is 23.7 Å². The van der Waals surface area contributed by atoms with Crippen molar-refractivity contribution in [2.75, 3.05) is 19.1 Å². The molecule has 0 bridgehead atoms. The number of hydrogen-bond acceptors (Lipinski definition) is 9. The fourth-order valence-electron chi connectivity index (χ4n) is 8.51. The Bertz CT molecular complexity index is 2110. The number of carboxylic acids is 1.